The van der Waals surface area contributed by atoms with Gasteiger partial charge in [-0.15, -0.1) is 11.3 Å². The van der Waals surface area contributed by atoms with Gasteiger partial charge in [-0.2, -0.15) is 11.8 Å². The molecule has 0 saturated carbocycles. The lowest BCUT2D eigenvalue weighted by atomic mass is 10.2. The maximum absolute atomic E-state index is 14.4. The van der Waals surface area contributed by atoms with Crippen LogP contribution in [0.1, 0.15) is 5.56 Å². The Kier molecular flexibility index (Phi) is 8.84. The Hall–Kier alpha value is -1.78. The van der Waals surface area contributed by atoms with Crippen LogP contribution in [0.4, 0.5) is 10.1 Å². The van der Waals surface area contributed by atoms with E-state index < -0.39 is 28.3 Å². The summed E-state index contributed by atoms with van der Waals surface area (Å²) in [5, 5.41) is 5.28. The van der Waals surface area contributed by atoms with Crippen molar-refractivity contribution in [1.82, 2.24) is 5.32 Å². The quantitative estimate of drug-likeness (QED) is 0.353. The highest BCUT2D eigenvalue weighted by Crippen LogP contribution is 2.28. The SMILES string of the molecule is O=C(CN(c1ccccc1F)S(=O)(=O)c1cccs1)NCCSCc1ccc(Cl)c(Cl)c1. The largest absolute Gasteiger partial charge is 0.354 e. The van der Waals surface area contributed by atoms with Crippen LogP contribution in [0, 0.1) is 5.82 Å². The third-order valence-corrected chi connectivity index (χ3v) is 9.17. The Bertz CT molecular complexity index is 1170. The highest BCUT2D eigenvalue weighted by molar-refractivity contribution is 7.98. The zero-order valence-electron chi connectivity index (χ0n) is 16.6. The van der Waals surface area contributed by atoms with Crippen LogP contribution in [-0.4, -0.2) is 33.2 Å². The van der Waals surface area contributed by atoms with Gasteiger partial charge in [0, 0.05) is 18.1 Å². The highest BCUT2D eigenvalue weighted by Gasteiger charge is 2.29. The second-order valence-corrected chi connectivity index (χ2v) is 11.5. The maximum Gasteiger partial charge on any atom is 0.274 e. The summed E-state index contributed by atoms with van der Waals surface area (Å²) < 4.78 is 41.3. The topological polar surface area (TPSA) is 66.5 Å². The summed E-state index contributed by atoms with van der Waals surface area (Å²) in [7, 11) is -4.08. The number of halogens is 3. The lowest BCUT2D eigenvalue weighted by Gasteiger charge is -2.23. The number of para-hydroxylation sites is 1. The van der Waals surface area contributed by atoms with Gasteiger partial charge in [0.1, 0.15) is 16.6 Å². The van der Waals surface area contributed by atoms with Crippen LogP contribution in [0.5, 0.6) is 0 Å². The van der Waals surface area contributed by atoms with Crippen molar-refractivity contribution in [2.24, 2.45) is 0 Å². The summed E-state index contributed by atoms with van der Waals surface area (Å²) in [4.78, 5) is 12.5. The second-order valence-electron chi connectivity index (χ2n) is 6.55. The second kappa shape index (κ2) is 11.4. The lowest BCUT2D eigenvalue weighted by Crippen LogP contribution is -2.41. The normalized spacial score (nSPS) is 11.3. The molecule has 1 N–H and O–H groups in total. The molecule has 5 nitrogen and oxygen atoms in total. The van der Waals surface area contributed by atoms with Crippen molar-refractivity contribution in [1.29, 1.82) is 0 Å². The average molecular weight is 533 g/mol. The van der Waals surface area contributed by atoms with Gasteiger partial charge in [-0.25, -0.2) is 12.8 Å². The van der Waals surface area contributed by atoms with E-state index in [0.717, 1.165) is 27.3 Å². The van der Waals surface area contributed by atoms with E-state index in [1.807, 2.05) is 6.07 Å². The van der Waals surface area contributed by atoms with Gasteiger partial charge in [-0.3, -0.25) is 9.10 Å². The third kappa shape index (κ3) is 6.39. The van der Waals surface area contributed by atoms with Gasteiger partial charge in [0.2, 0.25) is 5.91 Å². The molecule has 170 valence electrons. The Balaban J connectivity index is 1.59. The Labute approximate surface area is 204 Å². The van der Waals surface area contributed by atoms with E-state index >= 15 is 0 Å². The monoisotopic (exact) mass is 532 g/mol. The number of amides is 1. The van der Waals surface area contributed by atoms with Crippen LogP contribution in [0.25, 0.3) is 0 Å². The number of hydrogen-bond acceptors (Lipinski definition) is 5. The smallest absolute Gasteiger partial charge is 0.274 e. The van der Waals surface area contributed by atoms with Crippen LogP contribution < -0.4 is 9.62 Å². The van der Waals surface area contributed by atoms with Crippen molar-refractivity contribution in [3.05, 3.63) is 81.4 Å². The summed E-state index contributed by atoms with van der Waals surface area (Å²) in [6.45, 7) is -0.201. The number of anilines is 1. The van der Waals surface area contributed by atoms with Crippen LogP contribution >= 0.6 is 46.3 Å². The first-order chi connectivity index (χ1) is 15.3. The maximum atomic E-state index is 14.4. The lowest BCUT2D eigenvalue weighted by molar-refractivity contribution is -0.119. The number of benzene rings is 2. The first-order valence-electron chi connectivity index (χ1n) is 9.38. The molecule has 1 amide bonds. The van der Waals surface area contributed by atoms with Gasteiger partial charge in [-0.1, -0.05) is 47.5 Å². The molecule has 2 aromatic carbocycles. The molecule has 0 unspecified atom stereocenters. The van der Waals surface area contributed by atoms with E-state index in [9.17, 15) is 17.6 Å². The number of thioether (sulfide) groups is 1. The first-order valence-corrected chi connectivity index (χ1v) is 13.6. The number of rotatable bonds is 10. The molecule has 32 heavy (non-hydrogen) atoms. The van der Waals surface area contributed by atoms with Gasteiger partial charge in [-0.05, 0) is 41.3 Å². The van der Waals surface area contributed by atoms with Crippen LogP contribution in [-0.2, 0) is 20.6 Å². The molecule has 0 atom stereocenters. The molecular weight excluding hydrogens is 514 g/mol. The third-order valence-electron chi connectivity index (χ3n) is 4.27. The van der Waals surface area contributed by atoms with Crippen LogP contribution in [0.3, 0.4) is 0 Å². The van der Waals surface area contributed by atoms with E-state index in [-0.39, 0.29) is 9.90 Å². The minimum Gasteiger partial charge on any atom is -0.354 e. The summed E-state index contributed by atoms with van der Waals surface area (Å²) in [6, 6.07) is 13.9. The summed E-state index contributed by atoms with van der Waals surface area (Å²) in [5.74, 6) is 0.0330. The van der Waals surface area contributed by atoms with Gasteiger partial charge in [0.25, 0.3) is 10.0 Å². The fourth-order valence-corrected chi connectivity index (χ4v) is 6.40. The average Bonchev–Trinajstić information content (AvgIpc) is 3.31. The molecule has 0 fully saturated rings. The minimum absolute atomic E-state index is 0.0331. The van der Waals surface area contributed by atoms with Gasteiger partial charge >= 0.3 is 0 Å². The summed E-state index contributed by atoms with van der Waals surface area (Å²) in [5.41, 5.74) is 0.827. The van der Waals surface area contributed by atoms with Crippen LogP contribution in [0.15, 0.2) is 64.2 Å². The van der Waals surface area contributed by atoms with Gasteiger partial charge in [0.05, 0.1) is 15.7 Å². The van der Waals surface area contributed by atoms with Crippen molar-refractivity contribution in [3.8, 4) is 0 Å². The first kappa shape index (κ1) is 24.9. The molecule has 0 saturated heterocycles. The number of hydrogen-bond donors (Lipinski definition) is 1. The number of carbonyl (C=O) groups excluding carboxylic acids is 1. The fourth-order valence-electron chi connectivity index (χ4n) is 2.74. The predicted molar refractivity (Wildman–Crippen MR) is 131 cm³/mol. The molecule has 0 bridgehead atoms. The zero-order chi connectivity index (χ0) is 23.1. The molecule has 3 aromatic rings. The molecule has 0 aliphatic heterocycles. The fraction of sp³-hybridized carbons (Fsp3) is 0.190. The molecule has 1 heterocycles. The summed E-state index contributed by atoms with van der Waals surface area (Å²) in [6.07, 6.45) is 0. The molecule has 0 aliphatic carbocycles. The Morgan fingerprint density at radius 3 is 2.56 bits per heavy atom. The van der Waals surface area contributed by atoms with Crippen molar-refractivity contribution in [2.45, 2.75) is 9.96 Å². The zero-order valence-corrected chi connectivity index (χ0v) is 20.6. The molecule has 0 aliphatic rings. The molecule has 3 rings (SSSR count). The molecule has 1 aromatic heterocycles. The van der Waals surface area contributed by atoms with Gasteiger partial charge in [0.15, 0.2) is 0 Å². The van der Waals surface area contributed by atoms with Crippen LogP contribution in [0.2, 0.25) is 10.0 Å². The molecule has 0 radical (unpaired) electrons. The Morgan fingerprint density at radius 1 is 1.09 bits per heavy atom. The van der Waals surface area contributed by atoms with Crippen molar-refractivity contribution in [2.75, 3.05) is 23.1 Å². The number of nitrogens with one attached hydrogen (secondary N) is 1. The predicted octanol–water partition coefficient (Wildman–Crippen LogP) is 5.44. The highest BCUT2D eigenvalue weighted by atomic mass is 35.5. The number of nitrogens with zero attached hydrogens (tertiary/aromatic N) is 1. The van der Waals surface area contributed by atoms with E-state index in [1.54, 1.807) is 35.3 Å². The number of carbonyl (C=O) groups is 1. The standard InChI is InChI=1S/C21H19Cl2FN2O3S3/c22-16-8-7-15(12-17(16)23)14-30-11-9-25-20(27)13-26(19-5-2-1-4-18(19)24)32(28,29)21-6-3-10-31-21/h1-8,10,12H,9,11,13-14H2,(H,25,27). The Morgan fingerprint density at radius 2 is 1.88 bits per heavy atom. The van der Waals surface area contributed by atoms with E-state index in [0.29, 0.717) is 28.1 Å². The number of thiophene rings is 1. The van der Waals surface area contributed by atoms with E-state index in [1.165, 1.54) is 24.3 Å². The molecular formula is C21H19Cl2FN2O3S3. The van der Waals surface area contributed by atoms with Crippen molar-refractivity contribution >= 4 is 67.9 Å². The van der Waals surface area contributed by atoms with E-state index in [4.69, 9.17) is 23.2 Å². The van der Waals surface area contributed by atoms with E-state index in [2.05, 4.69) is 5.32 Å². The minimum atomic E-state index is -4.08. The summed E-state index contributed by atoms with van der Waals surface area (Å²) >= 11 is 14.5. The molecule has 11 heteroatoms. The number of sulfonamides is 1. The van der Waals surface area contributed by atoms with Crippen molar-refractivity contribution < 1.29 is 17.6 Å². The van der Waals surface area contributed by atoms with Crippen molar-refractivity contribution in [3.63, 3.8) is 0 Å². The van der Waals surface area contributed by atoms with Gasteiger partial charge < -0.3 is 5.32 Å². The molecule has 0 spiro atoms.